The summed E-state index contributed by atoms with van der Waals surface area (Å²) in [4.78, 5) is 4.90. The first-order valence-electron chi connectivity index (χ1n) is 3.57. The maximum absolute atomic E-state index is 5.50. The quantitative estimate of drug-likeness (QED) is 0.768. The summed E-state index contributed by atoms with van der Waals surface area (Å²) in [5.41, 5.74) is 0. The van der Waals surface area contributed by atoms with Crippen molar-refractivity contribution >= 4 is 23.4 Å². The van der Waals surface area contributed by atoms with Crippen LogP contribution in [0, 0.1) is 0 Å². The predicted octanol–water partition coefficient (Wildman–Crippen LogP) is 2.87. The van der Waals surface area contributed by atoms with E-state index in [9.17, 15) is 0 Å². The monoisotopic (exact) mass is 212 g/mol. The highest BCUT2D eigenvalue weighted by Crippen LogP contribution is 2.25. The second kappa shape index (κ2) is 3.81. The molecule has 0 saturated heterocycles. The summed E-state index contributed by atoms with van der Waals surface area (Å²) >= 11 is 6.88. The van der Waals surface area contributed by atoms with Crippen LogP contribution in [0.15, 0.2) is 45.0 Å². The fraction of sp³-hybridized carbons (Fsp3) is 0. The van der Waals surface area contributed by atoms with Crippen molar-refractivity contribution in [2.24, 2.45) is 0 Å². The maximum atomic E-state index is 5.50. The second-order valence-corrected chi connectivity index (χ2v) is 3.61. The van der Waals surface area contributed by atoms with E-state index in [2.05, 4.69) is 10.1 Å². The van der Waals surface area contributed by atoms with Crippen LogP contribution in [0.2, 0.25) is 5.28 Å². The molecule has 0 atom stereocenters. The number of halogens is 1. The first kappa shape index (κ1) is 8.59. The smallest absolute Gasteiger partial charge is 0.291 e. The van der Waals surface area contributed by atoms with Crippen molar-refractivity contribution < 1.29 is 4.52 Å². The van der Waals surface area contributed by atoms with E-state index in [1.807, 2.05) is 30.3 Å². The van der Waals surface area contributed by atoms with Gasteiger partial charge in [-0.1, -0.05) is 18.2 Å². The standard InChI is InChI=1S/C8H5ClN2OS/c9-7-10-8(12-11-7)13-6-4-2-1-3-5-6/h1-5H. The van der Waals surface area contributed by atoms with Crippen LogP contribution in [-0.4, -0.2) is 10.1 Å². The van der Waals surface area contributed by atoms with Crippen LogP contribution in [-0.2, 0) is 0 Å². The lowest BCUT2D eigenvalue weighted by molar-refractivity contribution is 0.340. The molecule has 5 heteroatoms. The molecule has 2 rings (SSSR count). The van der Waals surface area contributed by atoms with E-state index >= 15 is 0 Å². The van der Waals surface area contributed by atoms with Crippen LogP contribution in [0.3, 0.4) is 0 Å². The van der Waals surface area contributed by atoms with Gasteiger partial charge in [0.05, 0.1) is 0 Å². The first-order chi connectivity index (χ1) is 6.34. The van der Waals surface area contributed by atoms with Crippen molar-refractivity contribution in [1.29, 1.82) is 0 Å². The number of hydrogen-bond acceptors (Lipinski definition) is 4. The molecule has 0 amide bonds. The Morgan fingerprint density at radius 2 is 2.00 bits per heavy atom. The summed E-state index contributed by atoms with van der Waals surface area (Å²) in [6, 6.07) is 9.76. The van der Waals surface area contributed by atoms with Gasteiger partial charge in [-0.2, -0.15) is 4.98 Å². The molecular formula is C8H5ClN2OS. The molecule has 1 heterocycles. The Bertz CT molecular complexity index is 390. The van der Waals surface area contributed by atoms with E-state index in [-0.39, 0.29) is 5.28 Å². The normalized spacial score (nSPS) is 10.2. The average molecular weight is 213 g/mol. The van der Waals surface area contributed by atoms with Gasteiger partial charge in [-0.25, -0.2) is 0 Å². The molecule has 0 fully saturated rings. The molecule has 0 unspecified atom stereocenters. The van der Waals surface area contributed by atoms with E-state index in [4.69, 9.17) is 16.1 Å². The zero-order valence-electron chi connectivity index (χ0n) is 6.48. The van der Waals surface area contributed by atoms with Crippen LogP contribution in [0.4, 0.5) is 0 Å². The minimum absolute atomic E-state index is 0.137. The fourth-order valence-electron chi connectivity index (χ4n) is 0.824. The van der Waals surface area contributed by atoms with E-state index in [1.54, 1.807) is 0 Å². The van der Waals surface area contributed by atoms with Crippen molar-refractivity contribution in [2.45, 2.75) is 10.1 Å². The molecule has 3 nitrogen and oxygen atoms in total. The van der Waals surface area contributed by atoms with Crippen molar-refractivity contribution in [3.63, 3.8) is 0 Å². The predicted molar refractivity (Wildman–Crippen MR) is 49.9 cm³/mol. The van der Waals surface area contributed by atoms with Crippen molar-refractivity contribution in [1.82, 2.24) is 10.1 Å². The molecule has 0 saturated carbocycles. The number of rotatable bonds is 2. The van der Waals surface area contributed by atoms with E-state index in [0.29, 0.717) is 5.22 Å². The van der Waals surface area contributed by atoms with Gasteiger partial charge in [-0.15, -0.1) is 0 Å². The summed E-state index contributed by atoms with van der Waals surface area (Å²) in [6.45, 7) is 0. The molecule has 0 aliphatic rings. The summed E-state index contributed by atoms with van der Waals surface area (Å²) in [6.07, 6.45) is 0. The number of aromatic nitrogens is 2. The molecule has 0 spiro atoms. The Morgan fingerprint density at radius 3 is 2.62 bits per heavy atom. The van der Waals surface area contributed by atoms with Gasteiger partial charge in [0.2, 0.25) is 0 Å². The van der Waals surface area contributed by atoms with Crippen molar-refractivity contribution in [3.05, 3.63) is 35.6 Å². The van der Waals surface area contributed by atoms with Gasteiger partial charge in [0, 0.05) is 4.90 Å². The van der Waals surface area contributed by atoms with Crippen molar-refractivity contribution in [3.8, 4) is 0 Å². The van der Waals surface area contributed by atoms with Crippen molar-refractivity contribution in [2.75, 3.05) is 0 Å². The molecule has 0 radical (unpaired) electrons. The van der Waals surface area contributed by atoms with E-state index in [1.165, 1.54) is 11.8 Å². The highest BCUT2D eigenvalue weighted by atomic mass is 35.5. The number of hydrogen-bond donors (Lipinski definition) is 0. The topological polar surface area (TPSA) is 38.9 Å². The minimum Gasteiger partial charge on any atom is -0.326 e. The Hall–Kier alpha value is -1.00. The van der Waals surface area contributed by atoms with Crippen LogP contribution in [0.1, 0.15) is 0 Å². The highest BCUT2D eigenvalue weighted by Gasteiger charge is 2.04. The molecule has 0 N–H and O–H groups in total. The van der Waals surface area contributed by atoms with Gasteiger partial charge in [0.15, 0.2) is 0 Å². The van der Waals surface area contributed by atoms with Gasteiger partial charge < -0.3 is 4.52 Å². The number of benzene rings is 1. The first-order valence-corrected chi connectivity index (χ1v) is 4.76. The van der Waals surface area contributed by atoms with Gasteiger partial charge in [-0.3, -0.25) is 0 Å². The molecule has 1 aromatic carbocycles. The van der Waals surface area contributed by atoms with Gasteiger partial charge in [0.1, 0.15) is 0 Å². The van der Waals surface area contributed by atoms with Crippen LogP contribution in [0.25, 0.3) is 0 Å². The largest absolute Gasteiger partial charge is 0.326 e. The lowest BCUT2D eigenvalue weighted by Crippen LogP contribution is -1.71. The third-order valence-corrected chi connectivity index (χ3v) is 2.33. The average Bonchev–Trinajstić information content (AvgIpc) is 2.53. The van der Waals surface area contributed by atoms with Crippen LogP contribution >= 0.6 is 23.4 Å². The SMILES string of the molecule is Clc1noc(Sc2ccccc2)n1. The van der Waals surface area contributed by atoms with Gasteiger partial charge in [0.25, 0.3) is 10.5 Å². The molecule has 1 aromatic heterocycles. The number of nitrogens with zero attached hydrogens (tertiary/aromatic N) is 2. The Kier molecular flexibility index (Phi) is 2.52. The molecule has 13 heavy (non-hydrogen) atoms. The van der Waals surface area contributed by atoms with Gasteiger partial charge >= 0.3 is 0 Å². The Balaban J connectivity index is 2.15. The zero-order chi connectivity index (χ0) is 9.10. The lowest BCUT2D eigenvalue weighted by atomic mass is 10.4. The Labute approximate surface area is 84.1 Å². The minimum atomic E-state index is 0.137. The highest BCUT2D eigenvalue weighted by molar-refractivity contribution is 7.99. The fourth-order valence-corrected chi connectivity index (χ4v) is 1.69. The summed E-state index contributed by atoms with van der Waals surface area (Å²) in [7, 11) is 0. The van der Waals surface area contributed by atoms with Gasteiger partial charge in [-0.05, 0) is 40.7 Å². The van der Waals surface area contributed by atoms with Crippen LogP contribution in [0.5, 0.6) is 0 Å². The molecular weight excluding hydrogens is 208 g/mol. The molecule has 2 aromatic rings. The van der Waals surface area contributed by atoms with E-state index < -0.39 is 0 Å². The molecule has 0 aliphatic carbocycles. The summed E-state index contributed by atoms with van der Waals surface area (Å²) < 4.78 is 4.84. The molecule has 0 bridgehead atoms. The zero-order valence-corrected chi connectivity index (χ0v) is 8.05. The third kappa shape index (κ3) is 2.23. The molecule has 0 aliphatic heterocycles. The Morgan fingerprint density at radius 1 is 1.23 bits per heavy atom. The third-order valence-electron chi connectivity index (χ3n) is 1.33. The summed E-state index contributed by atoms with van der Waals surface area (Å²) in [5, 5.41) is 4.06. The maximum Gasteiger partial charge on any atom is 0.291 e. The van der Waals surface area contributed by atoms with Crippen LogP contribution < -0.4 is 0 Å². The van der Waals surface area contributed by atoms with E-state index in [0.717, 1.165) is 4.90 Å². The summed E-state index contributed by atoms with van der Waals surface area (Å²) in [5.74, 6) is 0. The lowest BCUT2D eigenvalue weighted by Gasteiger charge is -1.92. The second-order valence-electron chi connectivity index (χ2n) is 2.24. The molecule has 66 valence electrons.